The first kappa shape index (κ1) is 17.1. The standard InChI is InChI=1S/C8H9N5O9/c9-8(13(21)22)4(1-2-14)3-5(10(15)16)6(11(17)18)7(8)12(19)20/h3-4,14H,1-2,9H2. The normalized spacial score (nSPS) is 24.6. The van der Waals surface area contributed by atoms with Crippen LogP contribution in [0.25, 0.3) is 0 Å². The minimum atomic E-state index is -3.08. The van der Waals surface area contributed by atoms with E-state index >= 15 is 0 Å². The lowest BCUT2D eigenvalue weighted by atomic mass is 9.82. The lowest BCUT2D eigenvalue weighted by Crippen LogP contribution is -2.59. The van der Waals surface area contributed by atoms with Gasteiger partial charge in [-0.05, 0) is 6.42 Å². The van der Waals surface area contributed by atoms with Crippen molar-refractivity contribution < 1.29 is 24.8 Å². The maximum absolute atomic E-state index is 11.2. The van der Waals surface area contributed by atoms with Crippen LogP contribution in [0, 0.1) is 46.4 Å². The highest BCUT2D eigenvalue weighted by atomic mass is 16.7. The van der Waals surface area contributed by atoms with Crippen molar-refractivity contribution in [2.75, 3.05) is 6.61 Å². The van der Waals surface area contributed by atoms with E-state index < -0.39 is 61.4 Å². The molecule has 3 N–H and O–H groups in total. The molecule has 0 saturated carbocycles. The zero-order valence-corrected chi connectivity index (χ0v) is 10.6. The third-order valence-corrected chi connectivity index (χ3v) is 3.07. The van der Waals surface area contributed by atoms with E-state index in [0.717, 1.165) is 0 Å². The topological polar surface area (TPSA) is 219 Å². The van der Waals surface area contributed by atoms with Gasteiger partial charge in [0.05, 0.1) is 25.6 Å². The molecule has 2 atom stereocenters. The molecule has 120 valence electrons. The quantitative estimate of drug-likeness (QED) is 0.340. The number of hydrogen-bond donors (Lipinski definition) is 2. The second-order valence-corrected chi connectivity index (χ2v) is 4.22. The number of aliphatic hydroxyl groups excluding tert-OH is 1. The molecule has 0 saturated heterocycles. The van der Waals surface area contributed by atoms with Crippen LogP contribution in [0.2, 0.25) is 0 Å². The lowest BCUT2D eigenvalue weighted by Gasteiger charge is -2.25. The van der Waals surface area contributed by atoms with E-state index in [1.807, 2.05) is 0 Å². The summed E-state index contributed by atoms with van der Waals surface area (Å²) in [7, 11) is 0. The van der Waals surface area contributed by atoms with Crippen LogP contribution in [0.15, 0.2) is 23.2 Å². The number of rotatable bonds is 6. The van der Waals surface area contributed by atoms with Crippen LogP contribution in [0.3, 0.4) is 0 Å². The van der Waals surface area contributed by atoms with E-state index in [2.05, 4.69) is 0 Å². The van der Waals surface area contributed by atoms with Crippen molar-refractivity contribution in [1.82, 2.24) is 0 Å². The van der Waals surface area contributed by atoms with Crippen molar-refractivity contribution in [3.63, 3.8) is 0 Å². The Labute approximate surface area is 120 Å². The summed E-state index contributed by atoms with van der Waals surface area (Å²) in [6.07, 6.45) is -0.0404. The fourth-order valence-electron chi connectivity index (χ4n) is 2.11. The number of hydrogen-bond acceptors (Lipinski definition) is 10. The Morgan fingerprint density at radius 3 is 1.95 bits per heavy atom. The van der Waals surface area contributed by atoms with E-state index in [9.17, 15) is 40.5 Å². The van der Waals surface area contributed by atoms with Gasteiger partial charge in [-0.2, -0.15) is 0 Å². The molecule has 0 heterocycles. The monoisotopic (exact) mass is 319 g/mol. The average molecular weight is 319 g/mol. The van der Waals surface area contributed by atoms with E-state index in [-0.39, 0.29) is 0 Å². The molecule has 0 aromatic rings. The van der Waals surface area contributed by atoms with Gasteiger partial charge in [0.25, 0.3) is 0 Å². The summed E-state index contributed by atoms with van der Waals surface area (Å²) in [6.45, 7) is -0.724. The fraction of sp³-hybridized carbons (Fsp3) is 0.500. The largest absolute Gasteiger partial charge is 0.427 e. The van der Waals surface area contributed by atoms with E-state index in [4.69, 9.17) is 10.8 Å². The van der Waals surface area contributed by atoms with Crippen LogP contribution < -0.4 is 5.73 Å². The minimum Gasteiger partial charge on any atom is -0.396 e. The van der Waals surface area contributed by atoms with Gasteiger partial charge in [0.2, 0.25) is 0 Å². The molecule has 0 fully saturated rings. The highest BCUT2D eigenvalue weighted by Crippen LogP contribution is 2.38. The Bertz CT molecular complexity index is 625. The van der Waals surface area contributed by atoms with Gasteiger partial charge in [0.15, 0.2) is 0 Å². The van der Waals surface area contributed by atoms with Crippen LogP contribution in [-0.4, -0.2) is 37.1 Å². The van der Waals surface area contributed by atoms with Gasteiger partial charge in [-0.1, -0.05) is 0 Å². The summed E-state index contributed by atoms with van der Waals surface area (Å²) >= 11 is 0. The summed E-state index contributed by atoms with van der Waals surface area (Å²) in [5.41, 5.74) is -2.32. The summed E-state index contributed by atoms with van der Waals surface area (Å²) < 4.78 is 0. The number of nitro groups is 4. The van der Waals surface area contributed by atoms with Crippen molar-refractivity contribution in [3.05, 3.63) is 63.6 Å². The Kier molecular flexibility index (Phi) is 4.48. The number of aliphatic hydroxyl groups is 1. The Morgan fingerprint density at radius 2 is 1.64 bits per heavy atom. The average Bonchev–Trinajstić information content (AvgIpc) is 2.39. The second-order valence-electron chi connectivity index (χ2n) is 4.22. The summed E-state index contributed by atoms with van der Waals surface area (Å²) in [5, 5.41) is 52.9. The molecule has 0 amide bonds. The van der Waals surface area contributed by atoms with Crippen molar-refractivity contribution in [2.45, 2.75) is 12.1 Å². The first-order valence-corrected chi connectivity index (χ1v) is 5.53. The Hall–Kier alpha value is -3.00. The molecule has 2 unspecified atom stereocenters. The third-order valence-electron chi connectivity index (χ3n) is 3.07. The van der Waals surface area contributed by atoms with Gasteiger partial charge >= 0.3 is 22.8 Å². The summed E-state index contributed by atoms with van der Waals surface area (Å²) in [4.78, 5) is 38.5. The molecule has 1 rings (SSSR count). The molecule has 22 heavy (non-hydrogen) atoms. The van der Waals surface area contributed by atoms with E-state index in [1.165, 1.54) is 0 Å². The van der Waals surface area contributed by atoms with Gasteiger partial charge in [-0.25, -0.2) is 0 Å². The van der Waals surface area contributed by atoms with Crippen molar-refractivity contribution in [3.8, 4) is 0 Å². The SMILES string of the molecule is NC1([N+](=O)[O-])C([N+](=O)[O-])=C([N+](=O)[O-])C([N+](=O)[O-])=CC1CCO. The van der Waals surface area contributed by atoms with Crippen molar-refractivity contribution in [2.24, 2.45) is 11.7 Å². The van der Waals surface area contributed by atoms with Gasteiger partial charge in [0, 0.05) is 12.7 Å². The van der Waals surface area contributed by atoms with Crippen LogP contribution >= 0.6 is 0 Å². The Morgan fingerprint density at radius 1 is 1.09 bits per heavy atom. The predicted octanol–water partition coefficient (Wildman–Crippen LogP) is -1.14. The van der Waals surface area contributed by atoms with Crippen molar-refractivity contribution in [1.29, 1.82) is 0 Å². The Balaban J connectivity index is 3.83. The van der Waals surface area contributed by atoms with E-state index in [1.54, 1.807) is 0 Å². The van der Waals surface area contributed by atoms with Crippen LogP contribution in [0.4, 0.5) is 0 Å². The molecule has 0 radical (unpaired) electrons. The maximum atomic E-state index is 11.2. The zero-order valence-electron chi connectivity index (χ0n) is 10.6. The smallest absolute Gasteiger partial charge is 0.396 e. The first-order valence-electron chi connectivity index (χ1n) is 5.53. The molecule has 14 nitrogen and oxygen atoms in total. The molecule has 0 spiro atoms. The molecular formula is C8H9N5O9. The van der Waals surface area contributed by atoms with Crippen LogP contribution in [0.5, 0.6) is 0 Å². The third kappa shape index (κ3) is 2.47. The van der Waals surface area contributed by atoms with Gasteiger partial charge in [-0.3, -0.25) is 46.2 Å². The van der Waals surface area contributed by atoms with Crippen LogP contribution in [0.1, 0.15) is 6.42 Å². The molecular weight excluding hydrogens is 310 g/mol. The maximum Gasteiger partial charge on any atom is 0.427 e. The second kappa shape index (κ2) is 5.78. The molecule has 0 aliphatic heterocycles. The molecule has 1 aliphatic carbocycles. The zero-order chi connectivity index (χ0) is 17.2. The molecule has 0 aromatic heterocycles. The molecule has 1 aliphatic rings. The molecule has 14 heteroatoms. The number of nitrogens with two attached hydrogens (primary N) is 1. The molecule has 0 aromatic carbocycles. The van der Waals surface area contributed by atoms with Gasteiger partial charge in [-0.15, -0.1) is 0 Å². The van der Waals surface area contributed by atoms with Gasteiger partial charge < -0.3 is 5.11 Å². The minimum absolute atomic E-state index is 0.490. The van der Waals surface area contributed by atoms with Crippen molar-refractivity contribution >= 4 is 0 Å². The first-order chi connectivity index (χ1) is 10.1. The summed E-state index contributed by atoms with van der Waals surface area (Å²) in [5.74, 6) is -1.67. The fourth-order valence-corrected chi connectivity index (χ4v) is 2.11. The summed E-state index contributed by atoms with van der Waals surface area (Å²) in [6, 6.07) is 0. The van der Waals surface area contributed by atoms with Crippen LogP contribution in [-0.2, 0) is 0 Å². The van der Waals surface area contributed by atoms with Gasteiger partial charge in [0.1, 0.15) is 0 Å². The lowest BCUT2D eigenvalue weighted by molar-refractivity contribution is -0.613. The van der Waals surface area contributed by atoms with E-state index in [0.29, 0.717) is 6.08 Å². The highest BCUT2D eigenvalue weighted by molar-refractivity contribution is 5.33. The number of nitrogens with zero attached hydrogens (tertiary/aromatic N) is 4. The molecule has 0 bridgehead atoms. The highest BCUT2D eigenvalue weighted by Gasteiger charge is 2.67. The predicted molar refractivity (Wildman–Crippen MR) is 65.2 cm³/mol.